The van der Waals surface area contributed by atoms with Crippen LogP contribution >= 0.6 is 49.0 Å². The number of piperazine rings is 1. The van der Waals surface area contributed by atoms with Gasteiger partial charge in [0.1, 0.15) is 17.4 Å². The molecule has 0 amide bonds. The highest BCUT2D eigenvalue weighted by atomic mass is 35.5. The SMILES string of the molecule is CCOc1ccccc1-c1c(N)nc(SC(C)N2CCNCC2)nc1N.Cl.Cl.Cl. The lowest BCUT2D eigenvalue weighted by Gasteiger charge is -2.31. The molecular formula is C18H29Cl3N6OS. The second-order valence-electron chi connectivity index (χ2n) is 6.08. The number of nitrogens with two attached hydrogens (primary N) is 2. The summed E-state index contributed by atoms with van der Waals surface area (Å²) in [6, 6.07) is 7.66. The predicted molar refractivity (Wildman–Crippen MR) is 129 cm³/mol. The molecule has 164 valence electrons. The lowest BCUT2D eigenvalue weighted by atomic mass is 10.1. The summed E-state index contributed by atoms with van der Waals surface area (Å²) in [4.78, 5) is 11.4. The van der Waals surface area contributed by atoms with Crippen molar-refractivity contribution in [1.29, 1.82) is 0 Å². The van der Waals surface area contributed by atoms with Crippen LogP contribution in [0, 0.1) is 0 Å². The van der Waals surface area contributed by atoms with Crippen LogP contribution in [-0.2, 0) is 0 Å². The number of ether oxygens (including phenoxy) is 1. The number of aromatic nitrogens is 2. The van der Waals surface area contributed by atoms with Crippen molar-refractivity contribution in [2.45, 2.75) is 24.4 Å². The number of hydrogen-bond acceptors (Lipinski definition) is 8. The molecule has 5 N–H and O–H groups in total. The van der Waals surface area contributed by atoms with Gasteiger partial charge in [0.05, 0.1) is 17.5 Å². The fourth-order valence-electron chi connectivity index (χ4n) is 3.03. The number of hydrogen-bond donors (Lipinski definition) is 3. The smallest absolute Gasteiger partial charge is 0.193 e. The first-order chi connectivity index (χ1) is 12.6. The molecule has 1 aliphatic heterocycles. The number of halogens is 3. The van der Waals surface area contributed by atoms with Gasteiger partial charge in [-0.2, -0.15) is 0 Å². The summed E-state index contributed by atoms with van der Waals surface area (Å²) in [5, 5.41) is 4.22. The average molecular weight is 484 g/mol. The van der Waals surface area contributed by atoms with E-state index in [1.807, 2.05) is 31.2 Å². The molecule has 0 saturated carbocycles. The molecule has 0 bridgehead atoms. The van der Waals surface area contributed by atoms with Crippen molar-refractivity contribution >= 4 is 60.6 Å². The quantitative estimate of drug-likeness (QED) is 0.425. The first-order valence-electron chi connectivity index (χ1n) is 8.86. The van der Waals surface area contributed by atoms with Gasteiger partial charge in [-0.05, 0) is 19.9 Å². The van der Waals surface area contributed by atoms with E-state index < -0.39 is 0 Å². The molecule has 2 aromatic rings. The van der Waals surface area contributed by atoms with Crippen molar-refractivity contribution < 1.29 is 4.74 Å². The van der Waals surface area contributed by atoms with E-state index in [1.165, 1.54) is 0 Å². The minimum absolute atomic E-state index is 0. The summed E-state index contributed by atoms with van der Waals surface area (Å²) in [6.07, 6.45) is 0. The topological polar surface area (TPSA) is 102 Å². The van der Waals surface area contributed by atoms with Gasteiger partial charge in [-0.1, -0.05) is 30.0 Å². The Hall–Kier alpha value is -1.16. The highest BCUT2D eigenvalue weighted by molar-refractivity contribution is 7.99. The lowest BCUT2D eigenvalue weighted by molar-refractivity contribution is 0.234. The highest BCUT2D eigenvalue weighted by Gasteiger charge is 2.21. The monoisotopic (exact) mass is 482 g/mol. The molecule has 1 atom stereocenters. The molecule has 2 heterocycles. The van der Waals surface area contributed by atoms with Crippen LogP contribution in [0.25, 0.3) is 11.1 Å². The van der Waals surface area contributed by atoms with Crippen molar-refractivity contribution in [1.82, 2.24) is 20.2 Å². The second-order valence-corrected chi connectivity index (χ2v) is 7.37. The number of para-hydroxylation sites is 1. The van der Waals surface area contributed by atoms with Gasteiger partial charge in [0.2, 0.25) is 0 Å². The summed E-state index contributed by atoms with van der Waals surface area (Å²) in [5.74, 6) is 1.48. The Kier molecular flexibility index (Phi) is 12.7. The second kappa shape index (κ2) is 13.2. The number of anilines is 2. The molecule has 1 fully saturated rings. The Morgan fingerprint density at radius 1 is 1.10 bits per heavy atom. The zero-order valence-corrected chi connectivity index (χ0v) is 19.7. The normalized spacial score (nSPS) is 14.7. The van der Waals surface area contributed by atoms with Crippen molar-refractivity contribution in [3.05, 3.63) is 24.3 Å². The summed E-state index contributed by atoms with van der Waals surface area (Å²) in [6.45, 7) is 8.69. The molecule has 1 aliphatic rings. The van der Waals surface area contributed by atoms with E-state index in [1.54, 1.807) is 11.8 Å². The third-order valence-electron chi connectivity index (χ3n) is 4.34. The molecule has 0 radical (unpaired) electrons. The fourth-order valence-corrected chi connectivity index (χ4v) is 4.00. The van der Waals surface area contributed by atoms with E-state index in [-0.39, 0.29) is 42.6 Å². The van der Waals surface area contributed by atoms with Crippen LogP contribution in [0.1, 0.15) is 13.8 Å². The third-order valence-corrected chi connectivity index (χ3v) is 5.38. The summed E-state index contributed by atoms with van der Waals surface area (Å²) >= 11 is 1.58. The van der Waals surface area contributed by atoms with Crippen molar-refractivity contribution in [3.8, 4) is 16.9 Å². The molecule has 7 nitrogen and oxygen atoms in total. The molecule has 3 rings (SSSR count). The molecule has 1 aromatic heterocycles. The Morgan fingerprint density at radius 2 is 1.69 bits per heavy atom. The van der Waals surface area contributed by atoms with Crippen LogP contribution in [0.4, 0.5) is 11.6 Å². The summed E-state index contributed by atoms with van der Waals surface area (Å²) < 4.78 is 5.69. The summed E-state index contributed by atoms with van der Waals surface area (Å²) in [5.41, 5.74) is 13.9. The molecular weight excluding hydrogens is 455 g/mol. The standard InChI is InChI=1S/C18H26N6OS.3ClH/c1-3-25-14-7-5-4-6-13(14)15-16(19)22-18(23-17(15)20)26-12(2)24-10-8-21-9-11-24;;;/h4-7,12,21H,3,8-11H2,1-2H3,(H4,19,20,22,23);3*1H. The van der Waals surface area contributed by atoms with E-state index >= 15 is 0 Å². The molecule has 1 unspecified atom stereocenters. The molecule has 1 saturated heterocycles. The van der Waals surface area contributed by atoms with Gasteiger partial charge >= 0.3 is 0 Å². The maximum atomic E-state index is 6.25. The van der Waals surface area contributed by atoms with Crippen LogP contribution in [-0.4, -0.2) is 53.0 Å². The van der Waals surface area contributed by atoms with Crippen LogP contribution in [0.5, 0.6) is 5.75 Å². The number of nitrogens with zero attached hydrogens (tertiary/aromatic N) is 3. The number of benzene rings is 1. The first-order valence-corrected chi connectivity index (χ1v) is 9.74. The van der Waals surface area contributed by atoms with E-state index in [9.17, 15) is 0 Å². The van der Waals surface area contributed by atoms with Crippen LogP contribution in [0.3, 0.4) is 0 Å². The number of nitrogens with one attached hydrogen (secondary N) is 1. The average Bonchev–Trinajstić information content (AvgIpc) is 2.63. The minimum atomic E-state index is 0. The lowest BCUT2D eigenvalue weighted by Crippen LogP contribution is -2.46. The fraction of sp³-hybridized carbons (Fsp3) is 0.444. The van der Waals surface area contributed by atoms with Crippen molar-refractivity contribution in [2.24, 2.45) is 0 Å². The van der Waals surface area contributed by atoms with E-state index in [0.717, 1.165) is 37.5 Å². The van der Waals surface area contributed by atoms with Crippen molar-refractivity contribution in [3.63, 3.8) is 0 Å². The predicted octanol–water partition coefficient (Wildman–Crippen LogP) is 3.32. The molecule has 1 aromatic carbocycles. The zero-order chi connectivity index (χ0) is 18.5. The van der Waals surface area contributed by atoms with Gasteiger partial charge in [0.15, 0.2) is 5.16 Å². The maximum Gasteiger partial charge on any atom is 0.193 e. The Labute approximate surface area is 195 Å². The highest BCUT2D eigenvalue weighted by Crippen LogP contribution is 2.37. The molecule has 0 aliphatic carbocycles. The van der Waals surface area contributed by atoms with E-state index in [2.05, 4.69) is 27.1 Å². The maximum absolute atomic E-state index is 6.25. The Bertz CT molecular complexity index is 741. The van der Waals surface area contributed by atoms with Gasteiger partial charge < -0.3 is 21.5 Å². The van der Waals surface area contributed by atoms with Crippen LogP contribution in [0.15, 0.2) is 29.4 Å². The molecule has 0 spiro atoms. The van der Waals surface area contributed by atoms with E-state index in [4.69, 9.17) is 16.2 Å². The number of nitrogen functional groups attached to an aromatic ring is 2. The van der Waals surface area contributed by atoms with Gasteiger partial charge in [-0.15, -0.1) is 37.2 Å². The van der Waals surface area contributed by atoms with E-state index in [0.29, 0.717) is 29.0 Å². The molecule has 29 heavy (non-hydrogen) atoms. The van der Waals surface area contributed by atoms with Gasteiger partial charge in [-0.25, -0.2) is 9.97 Å². The summed E-state index contributed by atoms with van der Waals surface area (Å²) in [7, 11) is 0. The van der Waals surface area contributed by atoms with Gasteiger partial charge in [0, 0.05) is 31.7 Å². The third kappa shape index (κ3) is 6.94. The van der Waals surface area contributed by atoms with Crippen LogP contribution < -0.4 is 21.5 Å². The molecule has 11 heteroatoms. The minimum Gasteiger partial charge on any atom is -0.493 e. The Morgan fingerprint density at radius 3 is 2.28 bits per heavy atom. The van der Waals surface area contributed by atoms with Gasteiger partial charge in [-0.3, -0.25) is 4.90 Å². The number of rotatable bonds is 6. The zero-order valence-electron chi connectivity index (χ0n) is 16.5. The first kappa shape index (κ1) is 27.8. The van der Waals surface area contributed by atoms with Gasteiger partial charge in [0.25, 0.3) is 0 Å². The van der Waals surface area contributed by atoms with Crippen LogP contribution in [0.2, 0.25) is 0 Å². The Balaban J connectivity index is 0.00000261. The number of thioether (sulfide) groups is 1. The van der Waals surface area contributed by atoms with Crippen molar-refractivity contribution in [2.75, 3.05) is 44.3 Å². The largest absolute Gasteiger partial charge is 0.493 e.